The predicted octanol–water partition coefficient (Wildman–Crippen LogP) is 2.42. The minimum absolute atomic E-state index is 0.210. The van der Waals surface area contributed by atoms with Crippen molar-refractivity contribution in [2.75, 3.05) is 26.0 Å². The van der Waals surface area contributed by atoms with Crippen LogP contribution in [0.5, 0.6) is 0 Å². The molecule has 2 aromatic rings. The number of rotatable bonds is 7. The number of hydrogen-bond acceptors (Lipinski definition) is 8. The van der Waals surface area contributed by atoms with Crippen molar-refractivity contribution < 1.29 is 5.11 Å². The SMILES string of the molecule is C/C(N)=C/C(N)=Nc1nc(NC2C[C@H]3CC[C@@H](C2)N3C(O)CN(C)C)nc2cc(Cl)ccc12. The van der Waals surface area contributed by atoms with Crippen LogP contribution in [-0.4, -0.2) is 75.7 Å². The Kier molecular flexibility index (Phi) is 7.04. The number of fused-ring (bicyclic) bond motifs is 3. The number of aliphatic hydroxyl groups is 1. The molecule has 1 aromatic heterocycles. The molecule has 1 aromatic carbocycles. The molecule has 2 aliphatic heterocycles. The van der Waals surface area contributed by atoms with Crippen molar-refractivity contribution >= 4 is 40.1 Å². The average molecular weight is 473 g/mol. The number of amidine groups is 1. The second-order valence-electron chi connectivity index (χ2n) is 9.35. The minimum atomic E-state index is -0.444. The van der Waals surface area contributed by atoms with E-state index in [1.165, 1.54) is 0 Å². The fourth-order valence-corrected chi connectivity index (χ4v) is 5.21. The molecule has 4 rings (SSSR count). The molecule has 9 nitrogen and oxygen atoms in total. The van der Waals surface area contributed by atoms with Gasteiger partial charge < -0.3 is 26.8 Å². The molecule has 0 saturated carbocycles. The molecule has 2 aliphatic rings. The fourth-order valence-electron chi connectivity index (χ4n) is 5.04. The number of aliphatic imine (C=N–C) groups is 1. The van der Waals surface area contributed by atoms with Crippen LogP contribution in [0.2, 0.25) is 5.02 Å². The van der Waals surface area contributed by atoms with Gasteiger partial charge in [0.05, 0.1) is 5.52 Å². The van der Waals surface area contributed by atoms with E-state index in [1.807, 2.05) is 25.1 Å². The van der Waals surface area contributed by atoms with Gasteiger partial charge in [0.25, 0.3) is 0 Å². The Morgan fingerprint density at radius 3 is 2.64 bits per heavy atom. The van der Waals surface area contributed by atoms with Gasteiger partial charge in [0, 0.05) is 40.8 Å². The first-order valence-corrected chi connectivity index (χ1v) is 11.7. The molecule has 0 radical (unpaired) electrons. The van der Waals surface area contributed by atoms with Gasteiger partial charge in [-0.1, -0.05) is 11.6 Å². The van der Waals surface area contributed by atoms with Crippen LogP contribution in [0.3, 0.4) is 0 Å². The van der Waals surface area contributed by atoms with E-state index < -0.39 is 6.23 Å². The van der Waals surface area contributed by atoms with E-state index >= 15 is 0 Å². The van der Waals surface area contributed by atoms with E-state index in [1.54, 1.807) is 25.1 Å². The van der Waals surface area contributed by atoms with Crippen molar-refractivity contribution in [1.29, 1.82) is 0 Å². The van der Waals surface area contributed by atoms with Crippen LogP contribution in [-0.2, 0) is 0 Å². The van der Waals surface area contributed by atoms with E-state index in [0.717, 1.165) is 31.1 Å². The largest absolute Gasteiger partial charge is 0.402 e. The Hall–Kier alpha value is -2.46. The molecule has 178 valence electrons. The third kappa shape index (κ3) is 5.55. The zero-order valence-corrected chi connectivity index (χ0v) is 20.1. The molecule has 2 unspecified atom stereocenters. The quantitative estimate of drug-likeness (QED) is 0.357. The van der Waals surface area contributed by atoms with Gasteiger partial charge in [-0.15, -0.1) is 0 Å². The number of allylic oxidation sites excluding steroid dienone is 1. The van der Waals surface area contributed by atoms with Gasteiger partial charge in [0.1, 0.15) is 12.1 Å². The number of aromatic nitrogens is 2. The average Bonchev–Trinajstić information content (AvgIpc) is 2.97. The van der Waals surface area contributed by atoms with E-state index in [-0.39, 0.29) is 11.9 Å². The Morgan fingerprint density at radius 2 is 2.00 bits per heavy atom. The first-order chi connectivity index (χ1) is 15.7. The van der Waals surface area contributed by atoms with Gasteiger partial charge in [-0.25, -0.2) is 9.98 Å². The maximum atomic E-state index is 10.7. The van der Waals surface area contributed by atoms with Crippen LogP contribution in [0.4, 0.5) is 11.8 Å². The fraction of sp³-hybridized carbons (Fsp3) is 0.522. The number of nitrogens with zero attached hydrogens (tertiary/aromatic N) is 5. The lowest BCUT2D eigenvalue weighted by Crippen LogP contribution is -2.54. The minimum Gasteiger partial charge on any atom is -0.402 e. The highest BCUT2D eigenvalue weighted by atomic mass is 35.5. The van der Waals surface area contributed by atoms with Crippen molar-refractivity contribution in [1.82, 2.24) is 19.8 Å². The monoisotopic (exact) mass is 472 g/mol. The van der Waals surface area contributed by atoms with Crippen LogP contribution < -0.4 is 16.8 Å². The molecular formula is C23H33ClN8O. The molecule has 0 amide bonds. The number of benzene rings is 1. The topological polar surface area (TPSA) is 129 Å². The summed E-state index contributed by atoms with van der Waals surface area (Å²) >= 11 is 6.22. The standard InChI is InChI=1S/C23H33ClN8O/c1-13(25)8-20(26)29-22-18-7-4-14(24)9-19(18)28-23(30-22)27-15-10-16-5-6-17(11-15)32(16)21(33)12-31(2)3/h4,7-9,15-17,21,33H,5-6,10-12,25H2,1-3H3,(H3,26,27,28,29,30)/b13-8-/t15?,16-,17+,21?. The number of aliphatic hydroxyl groups excluding tert-OH is 1. The Morgan fingerprint density at radius 1 is 1.30 bits per heavy atom. The van der Waals surface area contributed by atoms with E-state index in [2.05, 4.69) is 20.2 Å². The summed E-state index contributed by atoms with van der Waals surface area (Å²) in [5.74, 6) is 1.24. The molecule has 0 aliphatic carbocycles. The number of hydrogen-bond donors (Lipinski definition) is 4. The molecule has 6 N–H and O–H groups in total. The normalized spacial score (nSPS) is 25.1. The van der Waals surface area contributed by atoms with Crippen LogP contribution in [0.15, 0.2) is 35.0 Å². The summed E-state index contributed by atoms with van der Waals surface area (Å²) in [6.45, 7) is 2.39. The maximum absolute atomic E-state index is 10.7. The third-order valence-electron chi connectivity index (χ3n) is 6.24. The lowest BCUT2D eigenvalue weighted by atomic mass is 9.97. The van der Waals surface area contributed by atoms with Crippen LogP contribution >= 0.6 is 11.6 Å². The van der Waals surface area contributed by atoms with Crippen LogP contribution in [0.25, 0.3) is 10.9 Å². The third-order valence-corrected chi connectivity index (χ3v) is 6.48. The number of anilines is 1. The maximum Gasteiger partial charge on any atom is 0.225 e. The molecule has 2 saturated heterocycles. The number of nitrogens with two attached hydrogens (primary N) is 2. The van der Waals surface area contributed by atoms with Gasteiger partial charge in [-0.2, -0.15) is 4.98 Å². The molecule has 2 fully saturated rings. The summed E-state index contributed by atoms with van der Waals surface area (Å²) < 4.78 is 0. The van der Waals surface area contributed by atoms with Crippen molar-refractivity contribution in [3.63, 3.8) is 0 Å². The highest BCUT2D eigenvalue weighted by molar-refractivity contribution is 6.31. The second kappa shape index (κ2) is 9.80. The zero-order valence-electron chi connectivity index (χ0n) is 19.4. The lowest BCUT2D eigenvalue weighted by Gasteiger charge is -2.42. The summed E-state index contributed by atoms with van der Waals surface area (Å²) in [5.41, 5.74) is 13.0. The molecule has 2 bridgehead atoms. The first-order valence-electron chi connectivity index (χ1n) is 11.3. The van der Waals surface area contributed by atoms with Gasteiger partial charge in [0.15, 0.2) is 5.82 Å². The molecule has 4 atom stereocenters. The summed E-state index contributed by atoms with van der Waals surface area (Å²) in [4.78, 5) is 18.1. The second-order valence-corrected chi connectivity index (χ2v) is 9.78. The van der Waals surface area contributed by atoms with Crippen molar-refractivity contribution in [3.05, 3.63) is 35.0 Å². The number of likely N-dealkylation sites (N-methyl/N-ethyl adjacent to an activating group) is 1. The predicted molar refractivity (Wildman–Crippen MR) is 134 cm³/mol. The summed E-state index contributed by atoms with van der Waals surface area (Å²) in [7, 11) is 3.97. The zero-order chi connectivity index (χ0) is 23.7. The Balaban J connectivity index is 1.58. The summed E-state index contributed by atoms with van der Waals surface area (Å²) in [5, 5.41) is 15.6. The van der Waals surface area contributed by atoms with Gasteiger partial charge >= 0.3 is 0 Å². The summed E-state index contributed by atoms with van der Waals surface area (Å²) in [6, 6.07) is 6.33. The van der Waals surface area contributed by atoms with E-state index in [9.17, 15) is 5.11 Å². The van der Waals surface area contributed by atoms with E-state index in [0.29, 0.717) is 46.6 Å². The van der Waals surface area contributed by atoms with Crippen molar-refractivity contribution in [2.24, 2.45) is 16.5 Å². The van der Waals surface area contributed by atoms with E-state index in [4.69, 9.17) is 28.1 Å². The first kappa shape index (κ1) is 23.7. The number of halogens is 1. The van der Waals surface area contributed by atoms with Crippen molar-refractivity contribution in [3.8, 4) is 0 Å². The molecule has 0 spiro atoms. The smallest absolute Gasteiger partial charge is 0.225 e. The molecule has 33 heavy (non-hydrogen) atoms. The highest BCUT2D eigenvalue weighted by Crippen LogP contribution is 2.38. The Bertz CT molecular complexity index is 1050. The van der Waals surface area contributed by atoms with Crippen LogP contribution in [0.1, 0.15) is 32.6 Å². The van der Waals surface area contributed by atoms with Crippen molar-refractivity contribution in [2.45, 2.75) is 57.0 Å². The van der Waals surface area contributed by atoms with Crippen LogP contribution in [0, 0.1) is 0 Å². The molecule has 10 heteroatoms. The number of piperidine rings is 1. The molecular weight excluding hydrogens is 440 g/mol. The number of nitrogens with one attached hydrogen (secondary N) is 1. The lowest BCUT2D eigenvalue weighted by molar-refractivity contribution is -0.0592. The van der Waals surface area contributed by atoms with Gasteiger partial charge in [-0.3, -0.25) is 4.90 Å². The van der Waals surface area contributed by atoms with Gasteiger partial charge in [-0.05, 0) is 71.0 Å². The Labute approximate surface area is 199 Å². The van der Waals surface area contributed by atoms with Gasteiger partial charge in [0.2, 0.25) is 5.95 Å². The molecule has 3 heterocycles. The highest BCUT2D eigenvalue weighted by Gasteiger charge is 2.43. The summed E-state index contributed by atoms with van der Waals surface area (Å²) in [6.07, 6.45) is 5.20.